The molecule has 0 unspecified atom stereocenters. The van der Waals surface area contributed by atoms with Crippen LogP contribution in [-0.4, -0.2) is 16.6 Å². The van der Waals surface area contributed by atoms with Gasteiger partial charge in [0.05, 0.1) is 16.5 Å². The van der Waals surface area contributed by atoms with Gasteiger partial charge in [-0.1, -0.05) is 53.5 Å². The molecule has 1 amide bonds. The van der Waals surface area contributed by atoms with E-state index in [1.165, 1.54) is 23.1 Å². The molecule has 0 atom stereocenters. The van der Waals surface area contributed by atoms with Crippen molar-refractivity contribution in [3.05, 3.63) is 64.0 Å². The van der Waals surface area contributed by atoms with E-state index in [9.17, 15) is 4.79 Å². The fraction of sp³-hybridized carbons (Fsp3) is 0.0588. The van der Waals surface area contributed by atoms with E-state index >= 15 is 0 Å². The van der Waals surface area contributed by atoms with Gasteiger partial charge in [-0.3, -0.25) is 4.79 Å². The number of aromatic nitrogens is 1. The smallest absolute Gasteiger partial charge is 0.236 e. The molecule has 0 spiro atoms. The number of hydrogen-bond acceptors (Lipinski definition) is 4. The zero-order valence-electron chi connectivity index (χ0n) is 12.3. The predicted molar refractivity (Wildman–Crippen MR) is 103 cm³/mol. The van der Waals surface area contributed by atoms with Gasteiger partial charge in [0.15, 0.2) is 5.13 Å². The number of carbonyl (C=O) groups excluding carboxylic acids is 1. The zero-order valence-corrected chi connectivity index (χ0v) is 15.5. The highest BCUT2D eigenvalue weighted by atomic mass is 35.5. The molecule has 0 saturated heterocycles. The van der Waals surface area contributed by atoms with Crippen LogP contribution in [-0.2, 0) is 4.79 Å². The molecule has 0 saturated carbocycles. The van der Waals surface area contributed by atoms with Crippen molar-refractivity contribution in [1.82, 2.24) is 4.98 Å². The topological polar surface area (TPSA) is 42.0 Å². The van der Waals surface area contributed by atoms with Crippen LogP contribution in [0.5, 0.6) is 0 Å². The van der Waals surface area contributed by atoms with Gasteiger partial charge in [-0.2, -0.15) is 0 Å². The molecule has 0 aliphatic heterocycles. The van der Waals surface area contributed by atoms with E-state index < -0.39 is 0 Å². The molecule has 3 rings (SSSR count). The number of halogens is 2. The number of anilines is 1. The molecule has 1 N–H and O–H groups in total. The third-order valence-electron chi connectivity index (χ3n) is 3.10. The largest absolute Gasteiger partial charge is 0.301 e. The van der Waals surface area contributed by atoms with Gasteiger partial charge in [-0.25, -0.2) is 4.98 Å². The molecule has 3 aromatic rings. The third-order valence-corrected chi connectivity index (χ3v) is 5.70. The minimum Gasteiger partial charge on any atom is -0.301 e. The molecule has 0 radical (unpaired) electrons. The minimum absolute atomic E-state index is 0.125. The van der Waals surface area contributed by atoms with Crippen LogP contribution in [0.2, 0.25) is 10.0 Å². The maximum absolute atomic E-state index is 12.1. The molecule has 3 nitrogen and oxygen atoms in total. The maximum Gasteiger partial charge on any atom is 0.236 e. The summed E-state index contributed by atoms with van der Waals surface area (Å²) >= 11 is 15.0. The van der Waals surface area contributed by atoms with E-state index in [0.717, 1.165) is 16.2 Å². The standard InChI is InChI=1S/C17H12Cl2N2OS2/c18-12-6-2-1-5-11(12)14-9-24-17(20-14)21-16(22)10-23-15-8-4-3-7-13(15)19/h1-9H,10H2,(H,20,21,22). The van der Waals surface area contributed by atoms with E-state index in [-0.39, 0.29) is 11.7 Å². The van der Waals surface area contributed by atoms with Crippen molar-refractivity contribution in [3.8, 4) is 11.3 Å². The first-order valence-corrected chi connectivity index (χ1v) is 9.63. The van der Waals surface area contributed by atoms with Crippen LogP contribution in [0.25, 0.3) is 11.3 Å². The molecule has 7 heteroatoms. The van der Waals surface area contributed by atoms with Crippen LogP contribution >= 0.6 is 46.3 Å². The van der Waals surface area contributed by atoms with Crippen molar-refractivity contribution in [1.29, 1.82) is 0 Å². The van der Waals surface area contributed by atoms with Crippen molar-refractivity contribution >= 4 is 57.3 Å². The first kappa shape index (κ1) is 17.3. The van der Waals surface area contributed by atoms with Gasteiger partial charge in [-0.05, 0) is 18.2 Å². The molecule has 0 aliphatic rings. The Hall–Kier alpha value is -1.53. The number of amides is 1. The number of carbonyl (C=O) groups is 1. The lowest BCUT2D eigenvalue weighted by atomic mass is 10.2. The highest BCUT2D eigenvalue weighted by Gasteiger charge is 2.11. The summed E-state index contributed by atoms with van der Waals surface area (Å²) in [5, 5.41) is 6.50. The molecular formula is C17H12Cl2N2OS2. The van der Waals surface area contributed by atoms with Crippen molar-refractivity contribution in [3.63, 3.8) is 0 Å². The van der Waals surface area contributed by atoms with Crippen LogP contribution in [0.3, 0.4) is 0 Å². The fourth-order valence-electron chi connectivity index (χ4n) is 1.98. The molecular weight excluding hydrogens is 383 g/mol. The van der Waals surface area contributed by atoms with Crippen LogP contribution in [0.4, 0.5) is 5.13 Å². The second-order valence-electron chi connectivity index (χ2n) is 4.79. The summed E-state index contributed by atoms with van der Waals surface area (Å²) in [7, 11) is 0. The summed E-state index contributed by atoms with van der Waals surface area (Å²) in [6, 6.07) is 14.9. The summed E-state index contributed by atoms with van der Waals surface area (Å²) in [5.41, 5.74) is 1.60. The third kappa shape index (κ3) is 4.30. The highest BCUT2D eigenvalue weighted by Crippen LogP contribution is 2.31. The monoisotopic (exact) mass is 394 g/mol. The van der Waals surface area contributed by atoms with E-state index in [1.54, 1.807) is 6.07 Å². The predicted octanol–water partition coefficient (Wildman–Crippen LogP) is 5.85. The number of rotatable bonds is 5. The lowest BCUT2D eigenvalue weighted by Crippen LogP contribution is -2.13. The minimum atomic E-state index is -0.125. The molecule has 0 aliphatic carbocycles. The van der Waals surface area contributed by atoms with Gasteiger partial charge >= 0.3 is 0 Å². The van der Waals surface area contributed by atoms with Gasteiger partial charge in [0.1, 0.15) is 0 Å². The molecule has 2 aromatic carbocycles. The molecule has 0 bridgehead atoms. The van der Waals surface area contributed by atoms with Gasteiger partial charge in [0.25, 0.3) is 0 Å². The fourth-order valence-corrected chi connectivity index (χ4v) is 3.98. The normalized spacial score (nSPS) is 10.6. The summed E-state index contributed by atoms with van der Waals surface area (Å²) in [4.78, 5) is 17.4. The zero-order chi connectivity index (χ0) is 16.9. The van der Waals surface area contributed by atoms with Crippen LogP contribution in [0.1, 0.15) is 0 Å². The maximum atomic E-state index is 12.1. The number of hydrogen-bond donors (Lipinski definition) is 1. The Bertz CT molecular complexity index is 867. The summed E-state index contributed by atoms with van der Waals surface area (Å²) in [6.45, 7) is 0. The van der Waals surface area contributed by atoms with Crippen molar-refractivity contribution < 1.29 is 4.79 Å². The summed E-state index contributed by atoms with van der Waals surface area (Å²) in [5.74, 6) is 0.144. The Morgan fingerprint density at radius 1 is 1.08 bits per heavy atom. The Labute approximate surface area is 158 Å². The first-order chi connectivity index (χ1) is 11.6. The molecule has 1 aromatic heterocycles. The summed E-state index contributed by atoms with van der Waals surface area (Å²) < 4.78 is 0. The van der Waals surface area contributed by atoms with Crippen LogP contribution < -0.4 is 5.32 Å². The number of nitrogens with one attached hydrogen (secondary N) is 1. The van der Waals surface area contributed by atoms with E-state index in [0.29, 0.717) is 15.2 Å². The van der Waals surface area contributed by atoms with Crippen molar-refractivity contribution in [2.45, 2.75) is 4.90 Å². The Morgan fingerprint density at radius 3 is 2.54 bits per heavy atom. The Balaban J connectivity index is 1.62. The number of thiazole rings is 1. The highest BCUT2D eigenvalue weighted by molar-refractivity contribution is 8.00. The number of thioether (sulfide) groups is 1. The average molecular weight is 395 g/mol. The van der Waals surface area contributed by atoms with E-state index in [1.807, 2.05) is 47.8 Å². The second kappa shape index (κ2) is 8.03. The molecule has 1 heterocycles. The van der Waals surface area contributed by atoms with Crippen LogP contribution in [0, 0.1) is 0 Å². The van der Waals surface area contributed by atoms with Crippen molar-refractivity contribution in [2.75, 3.05) is 11.1 Å². The van der Waals surface area contributed by atoms with E-state index in [4.69, 9.17) is 23.2 Å². The Morgan fingerprint density at radius 2 is 1.79 bits per heavy atom. The first-order valence-electron chi connectivity index (χ1n) is 7.01. The van der Waals surface area contributed by atoms with Gasteiger partial charge in [0.2, 0.25) is 5.91 Å². The SMILES string of the molecule is O=C(CSc1ccccc1Cl)Nc1nc(-c2ccccc2Cl)cs1. The molecule has 122 valence electrons. The molecule has 24 heavy (non-hydrogen) atoms. The van der Waals surface area contributed by atoms with E-state index in [2.05, 4.69) is 10.3 Å². The molecule has 0 fully saturated rings. The Kier molecular flexibility index (Phi) is 5.79. The number of nitrogens with zero attached hydrogens (tertiary/aromatic N) is 1. The lowest BCUT2D eigenvalue weighted by Gasteiger charge is -2.04. The van der Waals surface area contributed by atoms with Crippen molar-refractivity contribution in [2.24, 2.45) is 0 Å². The van der Waals surface area contributed by atoms with Gasteiger partial charge in [0, 0.05) is 20.9 Å². The average Bonchev–Trinajstić information content (AvgIpc) is 3.03. The second-order valence-corrected chi connectivity index (χ2v) is 7.47. The van der Waals surface area contributed by atoms with Gasteiger partial charge in [-0.15, -0.1) is 23.1 Å². The lowest BCUT2D eigenvalue weighted by molar-refractivity contribution is -0.113. The van der Waals surface area contributed by atoms with Gasteiger partial charge < -0.3 is 5.32 Å². The number of benzene rings is 2. The van der Waals surface area contributed by atoms with Crippen LogP contribution in [0.15, 0.2) is 58.8 Å². The quantitative estimate of drug-likeness (QED) is 0.551. The summed E-state index contributed by atoms with van der Waals surface area (Å²) in [6.07, 6.45) is 0.